The van der Waals surface area contributed by atoms with Crippen LogP contribution in [-0.4, -0.2) is 7.11 Å². The third-order valence-corrected chi connectivity index (χ3v) is 2.82. The monoisotopic (exact) mass is 283 g/mol. The van der Waals surface area contributed by atoms with Crippen molar-refractivity contribution in [2.45, 2.75) is 6.61 Å². The fraction of sp³-hybridized carbons (Fsp3) is 0.118. The molecule has 2 rings (SSSR count). The predicted octanol–water partition coefficient (Wildman–Crippen LogP) is 3.95. The minimum absolute atomic E-state index is 0.251. The van der Waals surface area contributed by atoms with E-state index in [1.807, 2.05) is 12.1 Å². The number of hydrogen-bond donors (Lipinski definition) is 0. The van der Waals surface area contributed by atoms with Crippen LogP contribution in [0.25, 0.3) is 6.08 Å². The molecule has 0 aliphatic rings. The van der Waals surface area contributed by atoms with Gasteiger partial charge in [-0.15, -0.1) is 0 Å². The second-order valence-corrected chi connectivity index (χ2v) is 4.29. The molecule has 0 aliphatic heterocycles. The molecule has 0 fully saturated rings. The van der Waals surface area contributed by atoms with Crippen molar-refractivity contribution >= 4 is 6.08 Å². The topological polar surface area (TPSA) is 42.2 Å². The molecule has 0 atom stereocenters. The van der Waals surface area contributed by atoms with Crippen molar-refractivity contribution in [3.05, 3.63) is 65.5 Å². The summed E-state index contributed by atoms with van der Waals surface area (Å²) < 4.78 is 24.0. The van der Waals surface area contributed by atoms with Gasteiger partial charge in [0.15, 0.2) is 11.5 Å². The average molecular weight is 283 g/mol. The lowest BCUT2D eigenvalue weighted by Gasteiger charge is -2.11. The van der Waals surface area contributed by atoms with E-state index in [-0.39, 0.29) is 12.4 Å². The number of allylic oxidation sites excluding steroid dienone is 1. The molecule has 0 N–H and O–H groups in total. The quantitative estimate of drug-likeness (QED) is 0.780. The van der Waals surface area contributed by atoms with Gasteiger partial charge in [0.25, 0.3) is 0 Å². The van der Waals surface area contributed by atoms with Crippen LogP contribution in [0.3, 0.4) is 0 Å². The van der Waals surface area contributed by atoms with E-state index in [4.69, 9.17) is 14.7 Å². The van der Waals surface area contributed by atoms with E-state index in [0.29, 0.717) is 11.5 Å². The first-order valence-electron chi connectivity index (χ1n) is 6.34. The lowest BCUT2D eigenvalue weighted by atomic mass is 10.2. The van der Waals surface area contributed by atoms with Gasteiger partial charge in [-0.3, -0.25) is 0 Å². The number of nitrogens with zero attached hydrogens (tertiary/aromatic N) is 1. The molecular weight excluding hydrogens is 269 g/mol. The summed E-state index contributed by atoms with van der Waals surface area (Å²) in [6.07, 6.45) is 3.07. The minimum Gasteiger partial charge on any atom is -0.493 e. The molecule has 2 aromatic rings. The van der Waals surface area contributed by atoms with Crippen molar-refractivity contribution in [1.82, 2.24) is 0 Å². The third-order valence-electron chi connectivity index (χ3n) is 2.82. The van der Waals surface area contributed by atoms with Gasteiger partial charge in [-0.05, 0) is 41.5 Å². The van der Waals surface area contributed by atoms with Gasteiger partial charge in [0.1, 0.15) is 12.4 Å². The maximum absolute atomic E-state index is 13.1. The van der Waals surface area contributed by atoms with Crippen LogP contribution in [0.1, 0.15) is 11.1 Å². The smallest absolute Gasteiger partial charge is 0.161 e. The number of nitriles is 1. The highest BCUT2D eigenvalue weighted by atomic mass is 19.1. The van der Waals surface area contributed by atoms with Crippen LogP contribution in [0.15, 0.2) is 48.5 Å². The number of ether oxygens (including phenoxy) is 2. The highest BCUT2D eigenvalue weighted by Gasteiger charge is 2.05. The first-order valence-corrected chi connectivity index (χ1v) is 6.34. The van der Waals surface area contributed by atoms with Crippen LogP contribution in [0.5, 0.6) is 11.5 Å². The summed E-state index contributed by atoms with van der Waals surface area (Å²) >= 11 is 0. The molecule has 4 heteroatoms. The molecule has 0 spiro atoms. The molecule has 0 heterocycles. The summed E-state index contributed by atoms with van der Waals surface area (Å²) in [5, 5.41) is 8.52. The highest BCUT2D eigenvalue weighted by molar-refractivity contribution is 5.57. The Labute approximate surface area is 122 Å². The largest absolute Gasteiger partial charge is 0.493 e. The Balaban J connectivity index is 2.13. The molecule has 2 aromatic carbocycles. The van der Waals surface area contributed by atoms with Gasteiger partial charge in [0, 0.05) is 6.08 Å². The van der Waals surface area contributed by atoms with E-state index in [9.17, 15) is 4.39 Å². The molecule has 106 valence electrons. The van der Waals surface area contributed by atoms with Crippen molar-refractivity contribution in [3.63, 3.8) is 0 Å². The third kappa shape index (κ3) is 4.08. The van der Waals surface area contributed by atoms with Gasteiger partial charge in [-0.1, -0.05) is 18.2 Å². The fourth-order valence-electron chi connectivity index (χ4n) is 1.83. The van der Waals surface area contributed by atoms with Crippen molar-refractivity contribution < 1.29 is 13.9 Å². The molecule has 0 radical (unpaired) electrons. The number of rotatable bonds is 5. The Bertz CT molecular complexity index is 689. The van der Waals surface area contributed by atoms with E-state index in [1.165, 1.54) is 18.2 Å². The van der Waals surface area contributed by atoms with Crippen molar-refractivity contribution in [2.75, 3.05) is 7.11 Å². The summed E-state index contributed by atoms with van der Waals surface area (Å²) in [6.45, 7) is 0.251. The predicted molar refractivity (Wildman–Crippen MR) is 78.4 cm³/mol. The Morgan fingerprint density at radius 1 is 1.19 bits per heavy atom. The second kappa shape index (κ2) is 7.11. The van der Waals surface area contributed by atoms with E-state index in [2.05, 4.69) is 0 Å². The summed E-state index contributed by atoms with van der Waals surface area (Å²) in [5.41, 5.74) is 1.58. The normalized spacial score (nSPS) is 10.3. The Kier molecular flexibility index (Phi) is 4.94. The zero-order chi connectivity index (χ0) is 15.1. The molecular formula is C17H14FNO2. The molecule has 0 saturated heterocycles. The Morgan fingerprint density at radius 2 is 2.05 bits per heavy atom. The zero-order valence-electron chi connectivity index (χ0n) is 11.5. The number of halogens is 1. The van der Waals surface area contributed by atoms with Crippen molar-refractivity contribution in [2.24, 2.45) is 0 Å². The molecule has 0 amide bonds. The number of benzene rings is 2. The number of hydrogen-bond acceptors (Lipinski definition) is 3. The van der Waals surface area contributed by atoms with Gasteiger partial charge in [-0.2, -0.15) is 5.26 Å². The SMILES string of the molecule is COc1cc(C=CC#N)ccc1OCc1cccc(F)c1. The molecule has 0 saturated carbocycles. The number of methoxy groups -OCH3 is 1. The van der Waals surface area contributed by atoms with Gasteiger partial charge in [0.05, 0.1) is 13.2 Å². The fourth-order valence-corrected chi connectivity index (χ4v) is 1.83. The van der Waals surface area contributed by atoms with Gasteiger partial charge in [0.2, 0.25) is 0 Å². The van der Waals surface area contributed by atoms with Crippen LogP contribution in [0.4, 0.5) is 4.39 Å². The van der Waals surface area contributed by atoms with Gasteiger partial charge < -0.3 is 9.47 Å². The maximum atomic E-state index is 13.1. The highest BCUT2D eigenvalue weighted by Crippen LogP contribution is 2.29. The van der Waals surface area contributed by atoms with E-state index in [1.54, 1.807) is 37.5 Å². The first kappa shape index (κ1) is 14.6. The Morgan fingerprint density at radius 3 is 2.76 bits per heavy atom. The molecule has 3 nitrogen and oxygen atoms in total. The molecule has 0 bridgehead atoms. The lowest BCUT2D eigenvalue weighted by Crippen LogP contribution is -1.98. The van der Waals surface area contributed by atoms with Crippen LogP contribution in [-0.2, 0) is 6.61 Å². The summed E-state index contributed by atoms with van der Waals surface area (Å²) in [7, 11) is 1.54. The van der Waals surface area contributed by atoms with E-state index >= 15 is 0 Å². The van der Waals surface area contributed by atoms with Crippen LogP contribution < -0.4 is 9.47 Å². The van der Waals surface area contributed by atoms with E-state index in [0.717, 1.165) is 11.1 Å². The molecule has 0 unspecified atom stereocenters. The molecule has 21 heavy (non-hydrogen) atoms. The summed E-state index contributed by atoms with van der Waals surface area (Å²) in [4.78, 5) is 0. The molecule has 0 aromatic heterocycles. The summed E-state index contributed by atoms with van der Waals surface area (Å²) in [6, 6.07) is 13.5. The van der Waals surface area contributed by atoms with Gasteiger partial charge >= 0.3 is 0 Å². The first-order chi connectivity index (χ1) is 10.2. The van der Waals surface area contributed by atoms with Gasteiger partial charge in [-0.25, -0.2) is 4.39 Å². The zero-order valence-corrected chi connectivity index (χ0v) is 11.5. The lowest BCUT2D eigenvalue weighted by molar-refractivity contribution is 0.284. The maximum Gasteiger partial charge on any atom is 0.161 e. The van der Waals surface area contributed by atoms with Crippen molar-refractivity contribution in [3.8, 4) is 17.6 Å². The van der Waals surface area contributed by atoms with Crippen LogP contribution >= 0.6 is 0 Å². The standard InChI is InChI=1S/C17H14FNO2/c1-20-17-11-13(5-3-9-19)7-8-16(17)21-12-14-4-2-6-15(18)10-14/h2-8,10-11H,12H2,1H3. The summed E-state index contributed by atoms with van der Waals surface area (Å²) in [5.74, 6) is 0.836. The van der Waals surface area contributed by atoms with Crippen LogP contribution in [0, 0.1) is 17.1 Å². The van der Waals surface area contributed by atoms with E-state index < -0.39 is 0 Å². The van der Waals surface area contributed by atoms with Crippen molar-refractivity contribution in [1.29, 1.82) is 5.26 Å². The minimum atomic E-state index is -0.292. The average Bonchev–Trinajstić information content (AvgIpc) is 2.51. The van der Waals surface area contributed by atoms with Crippen LogP contribution in [0.2, 0.25) is 0 Å². The Hall–Kier alpha value is -2.80. The molecule has 0 aliphatic carbocycles. The second-order valence-electron chi connectivity index (χ2n) is 4.29.